The molecule has 0 saturated carbocycles. The van der Waals surface area contributed by atoms with Crippen molar-refractivity contribution in [3.63, 3.8) is 0 Å². The molecule has 0 fully saturated rings. The average molecular weight is 383 g/mol. The highest BCUT2D eigenvalue weighted by molar-refractivity contribution is 5.91. The first kappa shape index (κ1) is 21.4. The maximum absolute atomic E-state index is 12.0. The summed E-state index contributed by atoms with van der Waals surface area (Å²) in [6, 6.07) is 14.6. The predicted molar refractivity (Wildman–Crippen MR) is 111 cm³/mol. The van der Waals surface area contributed by atoms with Crippen LogP contribution >= 0.6 is 0 Å². The Bertz CT molecular complexity index is 771. The maximum Gasteiger partial charge on any atom is 0.262 e. The summed E-state index contributed by atoms with van der Waals surface area (Å²) in [5.74, 6) is 0.389. The van der Waals surface area contributed by atoms with E-state index in [2.05, 4.69) is 10.6 Å². The number of carbonyl (C=O) groups is 2. The maximum atomic E-state index is 12.0. The van der Waals surface area contributed by atoms with E-state index in [4.69, 9.17) is 10.5 Å². The highest BCUT2D eigenvalue weighted by Crippen LogP contribution is 2.13. The van der Waals surface area contributed by atoms with Crippen LogP contribution in [-0.4, -0.2) is 31.0 Å². The van der Waals surface area contributed by atoms with Crippen molar-refractivity contribution < 1.29 is 14.3 Å². The standard InChI is InChI=1S/C22H29N3O3/c1-15(2)21(23)22(27)24-13-12-17-6-10-19(11-7-17)28-14-20(26)25-18-8-4-16(3)5-9-18/h4-11,15,21H,12-14,23H2,1-3H3,(H,24,27)(H,25,26)/t21-/m0/s1. The van der Waals surface area contributed by atoms with Gasteiger partial charge in [-0.3, -0.25) is 9.59 Å². The molecule has 6 heteroatoms. The second kappa shape index (κ2) is 10.5. The molecule has 28 heavy (non-hydrogen) atoms. The normalized spacial score (nSPS) is 11.8. The Hall–Kier alpha value is -2.86. The quantitative estimate of drug-likeness (QED) is 0.621. The van der Waals surface area contributed by atoms with Gasteiger partial charge in [-0.15, -0.1) is 0 Å². The lowest BCUT2D eigenvalue weighted by atomic mass is 10.0. The Balaban J connectivity index is 1.72. The zero-order valence-corrected chi connectivity index (χ0v) is 16.7. The largest absolute Gasteiger partial charge is 0.484 e. The van der Waals surface area contributed by atoms with Gasteiger partial charge in [-0.2, -0.15) is 0 Å². The third-order valence-electron chi connectivity index (χ3n) is 4.36. The van der Waals surface area contributed by atoms with Gasteiger partial charge >= 0.3 is 0 Å². The lowest BCUT2D eigenvalue weighted by Gasteiger charge is -2.15. The highest BCUT2D eigenvalue weighted by Gasteiger charge is 2.16. The van der Waals surface area contributed by atoms with Gasteiger partial charge in [-0.05, 0) is 49.1 Å². The predicted octanol–water partition coefficient (Wildman–Crippen LogP) is 2.65. The summed E-state index contributed by atoms with van der Waals surface area (Å²) in [6.45, 7) is 6.30. The van der Waals surface area contributed by atoms with E-state index in [0.29, 0.717) is 18.7 Å². The summed E-state index contributed by atoms with van der Waals surface area (Å²) in [4.78, 5) is 23.8. The van der Waals surface area contributed by atoms with Crippen LogP contribution in [0.5, 0.6) is 5.75 Å². The molecule has 0 spiro atoms. The molecule has 150 valence electrons. The van der Waals surface area contributed by atoms with Crippen molar-refractivity contribution >= 4 is 17.5 Å². The van der Waals surface area contributed by atoms with Crippen molar-refractivity contribution in [1.29, 1.82) is 0 Å². The molecule has 1 atom stereocenters. The van der Waals surface area contributed by atoms with E-state index in [1.54, 1.807) is 0 Å². The molecular formula is C22H29N3O3. The number of anilines is 1. The Morgan fingerprint density at radius 3 is 2.29 bits per heavy atom. The van der Waals surface area contributed by atoms with E-state index < -0.39 is 6.04 Å². The van der Waals surface area contributed by atoms with Gasteiger partial charge in [-0.25, -0.2) is 0 Å². The van der Waals surface area contributed by atoms with Gasteiger partial charge in [0.25, 0.3) is 5.91 Å². The number of rotatable bonds is 9. The summed E-state index contributed by atoms with van der Waals surface area (Å²) in [5.41, 5.74) is 8.76. The third-order valence-corrected chi connectivity index (χ3v) is 4.36. The van der Waals surface area contributed by atoms with E-state index in [1.165, 1.54) is 0 Å². The molecule has 2 aromatic rings. The van der Waals surface area contributed by atoms with Crippen LogP contribution in [0.4, 0.5) is 5.69 Å². The summed E-state index contributed by atoms with van der Waals surface area (Å²) in [6.07, 6.45) is 0.699. The Kier molecular flexibility index (Phi) is 8.02. The molecule has 4 N–H and O–H groups in total. The van der Waals surface area contributed by atoms with E-state index in [0.717, 1.165) is 16.8 Å². The zero-order valence-electron chi connectivity index (χ0n) is 16.7. The minimum atomic E-state index is -0.484. The minimum Gasteiger partial charge on any atom is -0.484 e. The fraction of sp³-hybridized carbons (Fsp3) is 0.364. The average Bonchev–Trinajstić information content (AvgIpc) is 2.68. The molecule has 2 aromatic carbocycles. The van der Waals surface area contributed by atoms with Gasteiger partial charge < -0.3 is 21.1 Å². The van der Waals surface area contributed by atoms with Crippen LogP contribution in [-0.2, 0) is 16.0 Å². The van der Waals surface area contributed by atoms with Crippen LogP contribution in [0.1, 0.15) is 25.0 Å². The number of aryl methyl sites for hydroxylation is 1. The number of hydrogen-bond donors (Lipinski definition) is 3. The molecule has 0 radical (unpaired) electrons. The lowest BCUT2D eigenvalue weighted by Crippen LogP contribution is -2.44. The number of hydrogen-bond acceptors (Lipinski definition) is 4. The van der Waals surface area contributed by atoms with E-state index in [9.17, 15) is 9.59 Å². The van der Waals surface area contributed by atoms with Crippen LogP contribution in [0.2, 0.25) is 0 Å². The molecule has 0 saturated heterocycles. The van der Waals surface area contributed by atoms with E-state index >= 15 is 0 Å². The van der Waals surface area contributed by atoms with Gasteiger partial charge in [0.05, 0.1) is 6.04 Å². The van der Waals surface area contributed by atoms with Crippen LogP contribution in [0.15, 0.2) is 48.5 Å². The first-order chi connectivity index (χ1) is 13.3. The van der Waals surface area contributed by atoms with Gasteiger partial charge in [0.2, 0.25) is 5.91 Å². The molecule has 6 nitrogen and oxygen atoms in total. The van der Waals surface area contributed by atoms with Crippen molar-refractivity contribution in [3.05, 3.63) is 59.7 Å². The SMILES string of the molecule is Cc1ccc(NC(=O)COc2ccc(CCNC(=O)[C@@H](N)C(C)C)cc2)cc1. The van der Waals surface area contributed by atoms with Crippen LogP contribution in [0, 0.1) is 12.8 Å². The van der Waals surface area contributed by atoms with Crippen molar-refractivity contribution in [1.82, 2.24) is 5.32 Å². The van der Waals surface area contributed by atoms with Crippen molar-refractivity contribution in [2.24, 2.45) is 11.7 Å². The summed E-state index contributed by atoms with van der Waals surface area (Å²) >= 11 is 0. The van der Waals surface area contributed by atoms with E-state index in [1.807, 2.05) is 69.3 Å². The lowest BCUT2D eigenvalue weighted by molar-refractivity contribution is -0.123. The zero-order chi connectivity index (χ0) is 20.5. The smallest absolute Gasteiger partial charge is 0.262 e. The topological polar surface area (TPSA) is 93.5 Å². The van der Waals surface area contributed by atoms with Crippen LogP contribution in [0.25, 0.3) is 0 Å². The molecule has 2 amide bonds. The number of nitrogens with two attached hydrogens (primary N) is 1. The van der Waals surface area contributed by atoms with Gasteiger partial charge in [0.1, 0.15) is 5.75 Å². The molecule has 0 unspecified atom stereocenters. The molecule has 0 bridgehead atoms. The van der Waals surface area contributed by atoms with Gasteiger partial charge in [0.15, 0.2) is 6.61 Å². The minimum absolute atomic E-state index is 0.0592. The number of ether oxygens (including phenoxy) is 1. The van der Waals surface area contributed by atoms with Crippen molar-refractivity contribution in [2.75, 3.05) is 18.5 Å². The third kappa shape index (κ3) is 7.04. The number of carbonyl (C=O) groups excluding carboxylic acids is 2. The fourth-order valence-corrected chi connectivity index (χ4v) is 2.49. The molecule has 0 aliphatic rings. The molecule has 2 rings (SSSR count). The summed E-state index contributed by atoms with van der Waals surface area (Å²) < 4.78 is 5.52. The van der Waals surface area contributed by atoms with Crippen LogP contribution < -0.4 is 21.1 Å². The van der Waals surface area contributed by atoms with Crippen molar-refractivity contribution in [2.45, 2.75) is 33.2 Å². The monoisotopic (exact) mass is 383 g/mol. The first-order valence-electron chi connectivity index (χ1n) is 9.46. The number of amides is 2. The molecule has 0 aliphatic heterocycles. The molecule has 0 heterocycles. The fourth-order valence-electron chi connectivity index (χ4n) is 2.49. The Morgan fingerprint density at radius 2 is 1.68 bits per heavy atom. The van der Waals surface area contributed by atoms with Gasteiger partial charge in [0, 0.05) is 12.2 Å². The summed E-state index contributed by atoms with van der Waals surface area (Å²) in [5, 5.41) is 5.64. The number of benzene rings is 2. The van der Waals surface area contributed by atoms with Crippen LogP contribution in [0.3, 0.4) is 0 Å². The Labute approximate surface area is 166 Å². The molecular weight excluding hydrogens is 354 g/mol. The second-order valence-electron chi connectivity index (χ2n) is 7.16. The van der Waals surface area contributed by atoms with E-state index in [-0.39, 0.29) is 24.3 Å². The molecule has 0 aromatic heterocycles. The Morgan fingerprint density at radius 1 is 1.04 bits per heavy atom. The first-order valence-corrected chi connectivity index (χ1v) is 9.46. The second-order valence-corrected chi connectivity index (χ2v) is 7.16. The summed E-state index contributed by atoms with van der Waals surface area (Å²) in [7, 11) is 0. The molecule has 0 aliphatic carbocycles. The van der Waals surface area contributed by atoms with Crippen molar-refractivity contribution in [3.8, 4) is 5.75 Å². The van der Waals surface area contributed by atoms with Gasteiger partial charge in [-0.1, -0.05) is 43.7 Å². The highest BCUT2D eigenvalue weighted by atomic mass is 16.5. The number of nitrogens with one attached hydrogen (secondary N) is 2.